The average molecular weight is 297 g/mol. The molecule has 1 aromatic carbocycles. The van der Waals surface area contributed by atoms with Crippen molar-refractivity contribution in [3.05, 3.63) is 35.8 Å². The van der Waals surface area contributed by atoms with Gasteiger partial charge in [-0.1, -0.05) is 0 Å². The summed E-state index contributed by atoms with van der Waals surface area (Å²) >= 11 is 0. The molecule has 0 amide bonds. The first-order valence-electron chi connectivity index (χ1n) is 6.52. The predicted molar refractivity (Wildman–Crippen MR) is 70.9 cm³/mol. The van der Waals surface area contributed by atoms with Crippen LogP contribution in [-0.4, -0.2) is 23.2 Å². The molecule has 0 atom stereocenters. The Morgan fingerprint density at radius 2 is 1.95 bits per heavy atom. The van der Waals surface area contributed by atoms with Crippen molar-refractivity contribution in [2.24, 2.45) is 0 Å². The summed E-state index contributed by atoms with van der Waals surface area (Å²) in [6, 6.07) is 6.86. The van der Waals surface area contributed by atoms with Gasteiger partial charge in [0.15, 0.2) is 0 Å². The van der Waals surface area contributed by atoms with Gasteiger partial charge in [0, 0.05) is 25.2 Å². The second-order valence-electron chi connectivity index (χ2n) is 4.79. The molecule has 2 heterocycles. The van der Waals surface area contributed by atoms with Crippen LogP contribution in [0.5, 0.6) is 5.75 Å². The van der Waals surface area contributed by atoms with Crippen molar-refractivity contribution in [3.8, 4) is 17.0 Å². The van der Waals surface area contributed by atoms with E-state index in [-0.39, 0.29) is 6.54 Å². The molecule has 1 aromatic heterocycles. The number of methoxy groups -OCH3 is 1. The normalized spacial score (nSPS) is 14.9. The van der Waals surface area contributed by atoms with Crippen LogP contribution in [0.15, 0.2) is 24.3 Å². The minimum Gasteiger partial charge on any atom is -0.497 e. The summed E-state index contributed by atoms with van der Waals surface area (Å²) in [5, 5.41) is 3.09. The molecule has 0 saturated carbocycles. The molecule has 2 aromatic rings. The number of nitrogens with one attached hydrogen (secondary N) is 1. The van der Waals surface area contributed by atoms with Crippen molar-refractivity contribution < 1.29 is 17.9 Å². The molecule has 112 valence electrons. The van der Waals surface area contributed by atoms with E-state index in [1.807, 2.05) is 0 Å². The van der Waals surface area contributed by atoms with Gasteiger partial charge in [0.2, 0.25) is 5.82 Å². The predicted octanol–water partition coefficient (Wildman–Crippen LogP) is 2.68. The molecular weight excluding hydrogens is 283 g/mol. The third kappa shape index (κ3) is 2.49. The number of rotatable bonds is 2. The zero-order chi connectivity index (χ0) is 15.0. The third-order valence-electron chi connectivity index (χ3n) is 3.49. The van der Waals surface area contributed by atoms with E-state index in [0.29, 0.717) is 35.8 Å². The summed E-state index contributed by atoms with van der Waals surface area (Å²) in [6.45, 7) is 1.16. The molecule has 1 aliphatic heterocycles. The number of hydrogen-bond donors (Lipinski definition) is 1. The summed E-state index contributed by atoms with van der Waals surface area (Å²) in [6.07, 6.45) is -4.45. The van der Waals surface area contributed by atoms with Gasteiger partial charge in [-0.05, 0) is 24.3 Å². The maximum Gasteiger partial charge on any atom is 0.449 e. The second-order valence-corrected chi connectivity index (χ2v) is 4.79. The van der Waals surface area contributed by atoms with Gasteiger partial charge in [0.05, 0.1) is 18.5 Å². The van der Waals surface area contributed by atoms with Crippen molar-refractivity contribution in [2.45, 2.75) is 19.3 Å². The minimum atomic E-state index is -4.45. The Balaban J connectivity index is 2.11. The Morgan fingerprint density at radius 1 is 1.24 bits per heavy atom. The summed E-state index contributed by atoms with van der Waals surface area (Å²) in [4.78, 5) is 3.85. The van der Waals surface area contributed by atoms with Crippen molar-refractivity contribution in [1.29, 1.82) is 0 Å². The van der Waals surface area contributed by atoms with Crippen LogP contribution in [-0.2, 0) is 19.3 Å². The lowest BCUT2D eigenvalue weighted by Crippen LogP contribution is -2.30. The van der Waals surface area contributed by atoms with Crippen LogP contribution in [0.3, 0.4) is 0 Å². The molecule has 0 spiro atoms. The van der Waals surface area contributed by atoms with E-state index in [9.17, 15) is 13.2 Å². The SMILES string of the molecule is COc1ccc(-c2nc(C(F)(F)F)n3c2CNCC3)cc1. The van der Waals surface area contributed by atoms with Gasteiger partial charge in [-0.2, -0.15) is 13.2 Å². The van der Waals surface area contributed by atoms with Crippen molar-refractivity contribution in [1.82, 2.24) is 14.9 Å². The summed E-state index contributed by atoms with van der Waals surface area (Å²) in [5.74, 6) is -0.175. The van der Waals surface area contributed by atoms with Gasteiger partial charge in [-0.25, -0.2) is 4.98 Å². The Labute approximate surface area is 119 Å². The van der Waals surface area contributed by atoms with E-state index in [1.165, 1.54) is 4.57 Å². The zero-order valence-corrected chi connectivity index (χ0v) is 11.4. The van der Waals surface area contributed by atoms with E-state index in [0.717, 1.165) is 0 Å². The van der Waals surface area contributed by atoms with E-state index < -0.39 is 12.0 Å². The van der Waals surface area contributed by atoms with E-state index in [1.54, 1.807) is 31.4 Å². The van der Waals surface area contributed by atoms with Gasteiger partial charge < -0.3 is 14.6 Å². The van der Waals surface area contributed by atoms with Gasteiger partial charge in [0.1, 0.15) is 5.75 Å². The quantitative estimate of drug-likeness (QED) is 0.926. The van der Waals surface area contributed by atoms with Gasteiger partial charge in [-0.3, -0.25) is 0 Å². The highest BCUT2D eigenvalue weighted by atomic mass is 19.4. The summed E-state index contributed by atoms with van der Waals surface area (Å²) in [5.41, 5.74) is 1.59. The molecule has 1 aliphatic rings. The lowest BCUT2D eigenvalue weighted by Gasteiger charge is -2.19. The highest BCUT2D eigenvalue weighted by Gasteiger charge is 2.39. The average Bonchev–Trinajstić information content (AvgIpc) is 2.87. The molecule has 0 radical (unpaired) electrons. The number of aromatic nitrogens is 2. The Bertz CT molecular complexity index is 647. The molecule has 0 bridgehead atoms. The number of imidazole rings is 1. The first-order chi connectivity index (χ1) is 10.0. The summed E-state index contributed by atoms with van der Waals surface area (Å²) in [7, 11) is 1.54. The Morgan fingerprint density at radius 3 is 2.57 bits per heavy atom. The van der Waals surface area contributed by atoms with Gasteiger partial charge in [-0.15, -0.1) is 0 Å². The topological polar surface area (TPSA) is 39.1 Å². The van der Waals surface area contributed by atoms with Crippen molar-refractivity contribution >= 4 is 0 Å². The number of hydrogen-bond acceptors (Lipinski definition) is 3. The van der Waals surface area contributed by atoms with E-state index in [4.69, 9.17) is 4.74 Å². The smallest absolute Gasteiger partial charge is 0.449 e. The number of halogens is 3. The molecule has 1 N–H and O–H groups in total. The molecule has 7 heteroatoms. The zero-order valence-electron chi connectivity index (χ0n) is 11.4. The first kappa shape index (κ1) is 13.9. The van der Waals surface area contributed by atoms with Crippen LogP contribution in [0.2, 0.25) is 0 Å². The van der Waals surface area contributed by atoms with Crippen LogP contribution in [0.25, 0.3) is 11.3 Å². The lowest BCUT2D eigenvalue weighted by atomic mass is 10.1. The van der Waals surface area contributed by atoms with E-state index >= 15 is 0 Å². The fraction of sp³-hybridized carbons (Fsp3) is 0.357. The number of ether oxygens (including phenoxy) is 1. The lowest BCUT2D eigenvalue weighted by molar-refractivity contribution is -0.147. The summed E-state index contributed by atoms with van der Waals surface area (Å²) < 4.78 is 45.6. The fourth-order valence-electron chi connectivity index (χ4n) is 2.50. The van der Waals surface area contributed by atoms with Gasteiger partial charge in [0.25, 0.3) is 0 Å². The van der Waals surface area contributed by atoms with Crippen LogP contribution in [0.4, 0.5) is 13.2 Å². The number of benzene rings is 1. The third-order valence-corrected chi connectivity index (χ3v) is 3.49. The number of nitrogens with zero attached hydrogens (tertiary/aromatic N) is 2. The number of fused-ring (bicyclic) bond motifs is 1. The fourth-order valence-corrected chi connectivity index (χ4v) is 2.50. The molecular formula is C14H14F3N3O. The van der Waals surface area contributed by atoms with Crippen LogP contribution < -0.4 is 10.1 Å². The minimum absolute atomic E-state index is 0.271. The molecule has 21 heavy (non-hydrogen) atoms. The standard InChI is InChI=1S/C14H14F3N3O/c1-21-10-4-2-9(3-5-10)12-11-8-18-6-7-20(11)13(19-12)14(15,16)17/h2-5,18H,6-8H2,1H3. The van der Waals surface area contributed by atoms with Crippen LogP contribution >= 0.6 is 0 Å². The number of alkyl halides is 3. The maximum absolute atomic E-state index is 13.1. The van der Waals surface area contributed by atoms with E-state index in [2.05, 4.69) is 10.3 Å². The highest BCUT2D eigenvalue weighted by molar-refractivity contribution is 5.63. The molecule has 0 saturated heterocycles. The maximum atomic E-state index is 13.1. The molecule has 4 nitrogen and oxygen atoms in total. The molecule has 3 rings (SSSR count). The first-order valence-corrected chi connectivity index (χ1v) is 6.52. The second kappa shape index (κ2) is 5.07. The largest absolute Gasteiger partial charge is 0.497 e. The van der Waals surface area contributed by atoms with Crippen molar-refractivity contribution in [2.75, 3.05) is 13.7 Å². The van der Waals surface area contributed by atoms with Crippen LogP contribution in [0.1, 0.15) is 11.5 Å². The molecule has 0 aliphatic carbocycles. The van der Waals surface area contributed by atoms with Crippen LogP contribution in [0, 0.1) is 0 Å². The molecule has 0 unspecified atom stereocenters. The monoisotopic (exact) mass is 297 g/mol. The highest BCUT2D eigenvalue weighted by Crippen LogP contribution is 2.35. The Kier molecular flexibility index (Phi) is 3.36. The van der Waals surface area contributed by atoms with Crippen molar-refractivity contribution in [3.63, 3.8) is 0 Å². The molecule has 0 fully saturated rings. The van der Waals surface area contributed by atoms with Gasteiger partial charge >= 0.3 is 6.18 Å². The Hall–Kier alpha value is -2.02.